The molecule has 0 saturated heterocycles. The number of nitrogens with two attached hydrogens (primary N) is 1. The molecule has 0 radical (unpaired) electrons. The molecule has 1 aromatic carbocycles. The van der Waals surface area contributed by atoms with Gasteiger partial charge in [-0.1, -0.05) is 0 Å². The van der Waals surface area contributed by atoms with Gasteiger partial charge in [0.25, 0.3) is 0 Å². The van der Waals surface area contributed by atoms with Crippen LogP contribution in [-0.2, 0) is 0 Å². The maximum atomic E-state index is 12.6. The third-order valence-corrected chi connectivity index (χ3v) is 2.02. The van der Waals surface area contributed by atoms with E-state index >= 15 is 0 Å². The van der Waals surface area contributed by atoms with E-state index in [0.717, 1.165) is 12.8 Å². The summed E-state index contributed by atoms with van der Waals surface area (Å²) in [4.78, 5) is 11.3. The summed E-state index contributed by atoms with van der Waals surface area (Å²) in [5.74, 6) is -0.325. The lowest BCUT2D eigenvalue weighted by atomic mass is 10.3. The second-order valence-corrected chi connectivity index (χ2v) is 3.38. The minimum Gasteiger partial charge on any atom is -0.338 e. The quantitative estimate of drug-likeness (QED) is 0.711. The SMILES string of the molecule is Cl.NCCCCNC(=O)Nc1ccc(F)cc1. The van der Waals surface area contributed by atoms with Crippen LogP contribution in [0.3, 0.4) is 0 Å². The molecule has 6 heteroatoms. The fourth-order valence-electron chi connectivity index (χ4n) is 1.18. The number of unbranched alkanes of at least 4 members (excludes halogenated alkanes) is 1. The lowest BCUT2D eigenvalue weighted by molar-refractivity contribution is 0.252. The van der Waals surface area contributed by atoms with E-state index in [1.807, 2.05) is 0 Å². The molecule has 2 amide bonds. The number of hydrogen-bond donors (Lipinski definition) is 3. The van der Waals surface area contributed by atoms with E-state index in [1.54, 1.807) is 0 Å². The number of benzene rings is 1. The fraction of sp³-hybridized carbons (Fsp3) is 0.364. The molecule has 1 aromatic rings. The van der Waals surface area contributed by atoms with E-state index in [-0.39, 0.29) is 24.3 Å². The second-order valence-electron chi connectivity index (χ2n) is 3.38. The van der Waals surface area contributed by atoms with E-state index in [9.17, 15) is 9.18 Å². The number of halogens is 2. The van der Waals surface area contributed by atoms with Gasteiger partial charge in [0.15, 0.2) is 0 Å². The first-order chi connectivity index (χ1) is 7.72. The topological polar surface area (TPSA) is 67.1 Å². The van der Waals surface area contributed by atoms with E-state index < -0.39 is 0 Å². The molecule has 1 rings (SSSR count). The van der Waals surface area contributed by atoms with E-state index in [2.05, 4.69) is 10.6 Å². The predicted octanol–water partition coefficient (Wildman–Crippen LogP) is 2.11. The lowest BCUT2D eigenvalue weighted by Crippen LogP contribution is -2.29. The molecule has 0 bridgehead atoms. The second kappa shape index (κ2) is 8.78. The van der Waals surface area contributed by atoms with Crippen molar-refractivity contribution >= 4 is 24.1 Å². The number of hydrogen-bond acceptors (Lipinski definition) is 2. The molecule has 0 heterocycles. The highest BCUT2D eigenvalue weighted by Crippen LogP contribution is 2.07. The monoisotopic (exact) mass is 261 g/mol. The van der Waals surface area contributed by atoms with Gasteiger partial charge in [-0.25, -0.2) is 9.18 Å². The normalized spacial score (nSPS) is 9.29. The zero-order valence-corrected chi connectivity index (χ0v) is 10.2. The largest absolute Gasteiger partial charge is 0.338 e. The molecule has 0 saturated carbocycles. The minimum absolute atomic E-state index is 0. The molecule has 0 atom stereocenters. The lowest BCUT2D eigenvalue weighted by Gasteiger charge is -2.06. The summed E-state index contributed by atoms with van der Waals surface area (Å²) in [5.41, 5.74) is 5.89. The first-order valence-corrected chi connectivity index (χ1v) is 5.23. The Morgan fingerprint density at radius 3 is 2.47 bits per heavy atom. The minimum atomic E-state index is -0.325. The molecule has 0 spiro atoms. The third kappa shape index (κ3) is 6.76. The zero-order valence-electron chi connectivity index (χ0n) is 9.41. The number of rotatable bonds is 5. The van der Waals surface area contributed by atoms with Crippen LogP contribution in [0.1, 0.15) is 12.8 Å². The van der Waals surface area contributed by atoms with Gasteiger partial charge in [-0.2, -0.15) is 0 Å². The highest BCUT2D eigenvalue weighted by Gasteiger charge is 2.00. The molecular weight excluding hydrogens is 245 g/mol. The van der Waals surface area contributed by atoms with E-state index in [0.29, 0.717) is 18.8 Å². The molecule has 0 aliphatic heterocycles. The maximum absolute atomic E-state index is 12.6. The molecule has 17 heavy (non-hydrogen) atoms. The van der Waals surface area contributed by atoms with E-state index in [4.69, 9.17) is 5.73 Å². The van der Waals surface area contributed by atoms with Crippen LogP contribution >= 0.6 is 12.4 Å². The van der Waals surface area contributed by atoms with Gasteiger partial charge >= 0.3 is 6.03 Å². The van der Waals surface area contributed by atoms with Crippen molar-refractivity contribution in [2.75, 3.05) is 18.4 Å². The number of anilines is 1. The predicted molar refractivity (Wildman–Crippen MR) is 69.0 cm³/mol. The van der Waals surface area contributed by atoms with Crippen LogP contribution in [0.4, 0.5) is 14.9 Å². The standard InChI is InChI=1S/C11H16FN3O.ClH/c12-9-3-5-10(6-4-9)15-11(16)14-8-2-1-7-13;/h3-6H,1-2,7-8,13H2,(H2,14,15,16);1H. The Balaban J connectivity index is 0.00000256. The Labute approximate surface area is 106 Å². The van der Waals surface area contributed by atoms with Gasteiger partial charge in [0.2, 0.25) is 0 Å². The summed E-state index contributed by atoms with van der Waals surface area (Å²) in [7, 11) is 0. The Morgan fingerprint density at radius 1 is 1.24 bits per heavy atom. The first kappa shape index (κ1) is 15.7. The van der Waals surface area contributed by atoms with Gasteiger partial charge in [-0.3, -0.25) is 0 Å². The van der Waals surface area contributed by atoms with Crippen molar-refractivity contribution < 1.29 is 9.18 Å². The Morgan fingerprint density at radius 2 is 1.88 bits per heavy atom. The molecule has 4 N–H and O–H groups in total. The highest BCUT2D eigenvalue weighted by molar-refractivity contribution is 5.89. The van der Waals surface area contributed by atoms with Crippen LogP contribution in [0.25, 0.3) is 0 Å². The summed E-state index contributed by atoms with van der Waals surface area (Å²) in [6.45, 7) is 1.21. The van der Waals surface area contributed by atoms with Crippen LogP contribution in [0.2, 0.25) is 0 Å². The molecular formula is C11H17ClFN3O. The zero-order chi connectivity index (χ0) is 11.8. The van der Waals surface area contributed by atoms with Crippen molar-refractivity contribution in [1.29, 1.82) is 0 Å². The van der Waals surface area contributed by atoms with Crippen LogP contribution < -0.4 is 16.4 Å². The molecule has 4 nitrogen and oxygen atoms in total. The molecule has 0 fully saturated rings. The summed E-state index contributed by atoms with van der Waals surface area (Å²) in [6, 6.07) is 5.32. The van der Waals surface area contributed by atoms with Gasteiger partial charge in [0.1, 0.15) is 5.82 Å². The van der Waals surface area contributed by atoms with E-state index in [1.165, 1.54) is 24.3 Å². The number of nitrogens with one attached hydrogen (secondary N) is 2. The van der Waals surface area contributed by atoms with Crippen molar-refractivity contribution in [2.24, 2.45) is 5.73 Å². The number of carbonyl (C=O) groups excluding carboxylic acids is 1. The Bertz CT molecular complexity index is 332. The van der Waals surface area contributed by atoms with Gasteiger partial charge in [0, 0.05) is 12.2 Å². The maximum Gasteiger partial charge on any atom is 0.319 e. The Kier molecular flexibility index (Phi) is 8.09. The molecule has 0 unspecified atom stereocenters. The molecule has 96 valence electrons. The van der Waals surface area contributed by atoms with Crippen LogP contribution in [0.15, 0.2) is 24.3 Å². The van der Waals surface area contributed by atoms with Crippen LogP contribution in [0, 0.1) is 5.82 Å². The van der Waals surface area contributed by atoms with Crippen molar-refractivity contribution in [3.63, 3.8) is 0 Å². The van der Waals surface area contributed by atoms with Crippen molar-refractivity contribution in [3.05, 3.63) is 30.1 Å². The average Bonchev–Trinajstić information content (AvgIpc) is 2.28. The van der Waals surface area contributed by atoms with Gasteiger partial charge in [-0.05, 0) is 43.7 Å². The summed E-state index contributed by atoms with van der Waals surface area (Å²) >= 11 is 0. The van der Waals surface area contributed by atoms with Gasteiger partial charge in [-0.15, -0.1) is 12.4 Å². The van der Waals surface area contributed by atoms with Crippen LogP contribution in [-0.4, -0.2) is 19.1 Å². The van der Waals surface area contributed by atoms with Crippen molar-refractivity contribution in [1.82, 2.24) is 5.32 Å². The number of amides is 2. The van der Waals surface area contributed by atoms with Crippen molar-refractivity contribution in [3.8, 4) is 0 Å². The Hall–Kier alpha value is -1.33. The first-order valence-electron chi connectivity index (χ1n) is 5.23. The summed E-state index contributed by atoms with van der Waals surface area (Å²) < 4.78 is 12.6. The van der Waals surface area contributed by atoms with Gasteiger partial charge in [0.05, 0.1) is 0 Å². The third-order valence-electron chi connectivity index (χ3n) is 2.02. The van der Waals surface area contributed by atoms with Gasteiger partial charge < -0.3 is 16.4 Å². The highest BCUT2D eigenvalue weighted by atomic mass is 35.5. The molecule has 0 aromatic heterocycles. The smallest absolute Gasteiger partial charge is 0.319 e. The molecule has 0 aliphatic carbocycles. The van der Waals surface area contributed by atoms with Crippen LogP contribution in [0.5, 0.6) is 0 Å². The van der Waals surface area contributed by atoms with Crippen molar-refractivity contribution in [2.45, 2.75) is 12.8 Å². The fourth-order valence-corrected chi connectivity index (χ4v) is 1.18. The summed E-state index contributed by atoms with van der Waals surface area (Å²) in [6.07, 6.45) is 1.74. The summed E-state index contributed by atoms with van der Waals surface area (Å²) in [5, 5.41) is 5.28. The number of carbonyl (C=O) groups is 1. The number of urea groups is 1. The average molecular weight is 262 g/mol. The molecule has 0 aliphatic rings.